The number of fused-ring (bicyclic) bond motifs is 1. The molecule has 0 bridgehead atoms. The molecule has 1 aromatic carbocycles. The minimum absolute atomic E-state index is 0.0573. The molecule has 1 heterocycles. The van der Waals surface area contributed by atoms with Crippen molar-refractivity contribution in [2.24, 2.45) is 0 Å². The largest absolute Gasteiger partial charge is 0.395 e. The third kappa shape index (κ3) is 2.59. The van der Waals surface area contributed by atoms with Gasteiger partial charge in [-0.15, -0.1) is 0 Å². The highest BCUT2D eigenvalue weighted by Gasteiger charge is 2.34. The number of aliphatic hydroxyl groups is 1. The van der Waals surface area contributed by atoms with Gasteiger partial charge >= 0.3 is 0 Å². The molecular formula is C15H20N2O2. The van der Waals surface area contributed by atoms with Crippen LogP contribution in [0.3, 0.4) is 0 Å². The van der Waals surface area contributed by atoms with Gasteiger partial charge in [-0.3, -0.25) is 4.79 Å². The zero-order valence-corrected chi connectivity index (χ0v) is 11.0. The minimum Gasteiger partial charge on any atom is -0.395 e. The quantitative estimate of drug-likeness (QED) is 0.845. The predicted molar refractivity (Wildman–Crippen MR) is 74.1 cm³/mol. The number of benzene rings is 1. The van der Waals surface area contributed by atoms with E-state index in [0.29, 0.717) is 19.0 Å². The summed E-state index contributed by atoms with van der Waals surface area (Å²) in [5, 5.41) is 12.4. The van der Waals surface area contributed by atoms with Crippen molar-refractivity contribution in [2.75, 3.05) is 25.0 Å². The number of carbonyl (C=O) groups excluding carboxylic acids is 1. The summed E-state index contributed by atoms with van der Waals surface area (Å²) in [6, 6.07) is 8.57. The van der Waals surface area contributed by atoms with Crippen LogP contribution >= 0.6 is 0 Å². The molecule has 1 unspecified atom stereocenters. The van der Waals surface area contributed by atoms with E-state index in [1.807, 2.05) is 17.0 Å². The van der Waals surface area contributed by atoms with Gasteiger partial charge in [-0.1, -0.05) is 18.2 Å². The summed E-state index contributed by atoms with van der Waals surface area (Å²) in [6.45, 7) is 1.37. The number of rotatable bonds is 5. The van der Waals surface area contributed by atoms with Crippen LogP contribution in [0.2, 0.25) is 0 Å². The molecule has 0 aromatic heterocycles. The molecule has 1 atom stereocenters. The molecule has 0 spiro atoms. The lowest BCUT2D eigenvalue weighted by atomic mass is 9.97. The fraction of sp³-hybridized carbons (Fsp3) is 0.533. The van der Waals surface area contributed by atoms with Crippen molar-refractivity contribution >= 4 is 11.6 Å². The van der Waals surface area contributed by atoms with Gasteiger partial charge in [0.2, 0.25) is 5.91 Å². The predicted octanol–water partition coefficient (Wildman–Crippen LogP) is 1.57. The van der Waals surface area contributed by atoms with Crippen LogP contribution in [0.1, 0.15) is 30.7 Å². The maximum Gasteiger partial charge on any atom is 0.223 e. The molecule has 1 aliphatic carbocycles. The van der Waals surface area contributed by atoms with Gasteiger partial charge in [-0.25, -0.2) is 0 Å². The van der Waals surface area contributed by atoms with Crippen LogP contribution in [0, 0.1) is 0 Å². The number of anilines is 1. The van der Waals surface area contributed by atoms with E-state index in [2.05, 4.69) is 17.4 Å². The van der Waals surface area contributed by atoms with Crippen molar-refractivity contribution in [1.29, 1.82) is 0 Å². The fourth-order valence-electron chi connectivity index (χ4n) is 2.87. The third-order valence-corrected chi connectivity index (χ3v) is 4.01. The zero-order valence-electron chi connectivity index (χ0n) is 11.0. The van der Waals surface area contributed by atoms with E-state index in [1.54, 1.807) is 0 Å². The molecule has 2 N–H and O–H groups in total. The van der Waals surface area contributed by atoms with E-state index >= 15 is 0 Å². The summed E-state index contributed by atoms with van der Waals surface area (Å²) in [5.74, 6) is 0.448. The lowest BCUT2D eigenvalue weighted by Gasteiger charge is -2.23. The van der Waals surface area contributed by atoms with Crippen molar-refractivity contribution in [1.82, 2.24) is 4.90 Å². The number of para-hydroxylation sites is 1. The molecule has 0 radical (unpaired) electrons. The molecule has 102 valence electrons. The van der Waals surface area contributed by atoms with Gasteiger partial charge in [0.05, 0.1) is 6.61 Å². The van der Waals surface area contributed by atoms with Gasteiger partial charge < -0.3 is 15.3 Å². The molecule has 2 aliphatic rings. The number of hydrogen-bond acceptors (Lipinski definition) is 3. The summed E-state index contributed by atoms with van der Waals surface area (Å²) >= 11 is 0. The van der Waals surface area contributed by atoms with Crippen LogP contribution in [-0.4, -0.2) is 41.7 Å². The first kappa shape index (κ1) is 12.5. The van der Waals surface area contributed by atoms with Gasteiger partial charge in [0.25, 0.3) is 0 Å². The molecule has 3 rings (SSSR count). The highest BCUT2D eigenvalue weighted by Crippen LogP contribution is 2.35. The van der Waals surface area contributed by atoms with Gasteiger partial charge in [0, 0.05) is 37.2 Å². The standard InChI is InChI=1S/C15H20N2O2/c18-8-7-17(12-5-6-12)15(19)9-11-10-16-14-4-2-1-3-13(11)14/h1-4,11-12,16,18H,5-10H2. The maximum atomic E-state index is 12.4. The summed E-state index contributed by atoms with van der Waals surface area (Å²) in [6.07, 6.45) is 2.72. The molecular weight excluding hydrogens is 240 g/mol. The number of amides is 1. The van der Waals surface area contributed by atoms with Crippen molar-refractivity contribution < 1.29 is 9.90 Å². The number of nitrogens with zero attached hydrogens (tertiary/aromatic N) is 1. The fourth-order valence-corrected chi connectivity index (χ4v) is 2.87. The topological polar surface area (TPSA) is 52.6 Å². The summed E-state index contributed by atoms with van der Waals surface area (Å²) < 4.78 is 0. The van der Waals surface area contributed by atoms with E-state index < -0.39 is 0 Å². The summed E-state index contributed by atoms with van der Waals surface area (Å²) in [7, 11) is 0. The van der Waals surface area contributed by atoms with E-state index in [9.17, 15) is 4.79 Å². The number of hydrogen-bond donors (Lipinski definition) is 2. The van der Waals surface area contributed by atoms with E-state index in [1.165, 1.54) is 5.56 Å². The first-order valence-electron chi connectivity index (χ1n) is 7.02. The molecule has 1 amide bonds. The normalized spacial score (nSPS) is 20.8. The van der Waals surface area contributed by atoms with Crippen LogP contribution in [-0.2, 0) is 4.79 Å². The van der Waals surface area contributed by atoms with Crippen LogP contribution < -0.4 is 5.32 Å². The van der Waals surface area contributed by atoms with Gasteiger partial charge in [-0.05, 0) is 24.5 Å². The van der Waals surface area contributed by atoms with Crippen molar-refractivity contribution in [3.05, 3.63) is 29.8 Å². The first-order chi connectivity index (χ1) is 9.29. The second kappa shape index (κ2) is 5.21. The van der Waals surface area contributed by atoms with Crippen LogP contribution in [0.4, 0.5) is 5.69 Å². The molecule has 0 saturated heterocycles. The van der Waals surface area contributed by atoms with Crippen molar-refractivity contribution in [2.45, 2.75) is 31.2 Å². The Morgan fingerprint density at radius 1 is 1.37 bits per heavy atom. The van der Waals surface area contributed by atoms with Crippen LogP contribution in [0.5, 0.6) is 0 Å². The lowest BCUT2D eigenvalue weighted by molar-refractivity contribution is -0.132. The molecule has 1 saturated carbocycles. The Hall–Kier alpha value is -1.55. The van der Waals surface area contributed by atoms with Crippen LogP contribution in [0.15, 0.2) is 24.3 Å². The Bertz CT molecular complexity index is 471. The summed E-state index contributed by atoms with van der Waals surface area (Å²) in [4.78, 5) is 14.2. The smallest absolute Gasteiger partial charge is 0.223 e. The summed E-state index contributed by atoms with van der Waals surface area (Å²) in [5.41, 5.74) is 2.40. The second-order valence-electron chi connectivity index (χ2n) is 5.41. The molecule has 4 nitrogen and oxygen atoms in total. The monoisotopic (exact) mass is 260 g/mol. The van der Waals surface area contributed by atoms with Crippen molar-refractivity contribution in [3.63, 3.8) is 0 Å². The van der Waals surface area contributed by atoms with Crippen LogP contribution in [0.25, 0.3) is 0 Å². The zero-order chi connectivity index (χ0) is 13.2. The lowest BCUT2D eigenvalue weighted by Crippen LogP contribution is -2.36. The first-order valence-corrected chi connectivity index (χ1v) is 7.02. The Morgan fingerprint density at radius 3 is 2.89 bits per heavy atom. The Morgan fingerprint density at radius 2 is 2.16 bits per heavy atom. The highest BCUT2D eigenvalue weighted by molar-refractivity contribution is 5.79. The average molecular weight is 260 g/mol. The molecule has 19 heavy (non-hydrogen) atoms. The number of nitrogens with one attached hydrogen (secondary N) is 1. The van der Waals surface area contributed by atoms with Gasteiger partial charge in [0.1, 0.15) is 0 Å². The molecule has 1 fully saturated rings. The number of carbonyl (C=O) groups is 1. The molecule has 1 aromatic rings. The van der Waals surface area contributed by atoms with E-state index in [4.69, 9.17) is 5.11 Å². The van der Waals surface area contributed by atoms with Gasteiger partial charge in [0.15, 0.2) is 0 Å². The third-order valence-electron chi connectivity index (χ3n) is 4.01. The molecule has 4 heteroatoms. The Balaban J connectivity index is 1.67. The van der Waals surface area contributed by atoms with Crippen molar-refractivity contribution in [3.8, 4) is 0 Å². The second-order valence-corrected chi connectivity index (χ2v) is 5.41. The highest BCUT2D eigenvalue weighted by atomic mass is 16.3. The molecule has 1 aliphatic heterocycles. The average Bonchev–Trinajstić information content (AvgIpc) is 3.19. The maximum absolute atomic E-state index is 12.4. The van der Waals surface area contributed by atoms with Gasteiger partial charge in [-0.2, -0.15) is 0 Å². The Labute approximate surface area is 113 Å². The number of aliphatic hydroxyl groups excluding tert-OH is 1. The SMILES string of the molecule is O=C(CC1CNc2ccccc21)N(CCO)C1CC1. The van der Waals surface area contributed by atoms with E-state index in [-0.39, 0.29) is 18.4 Å². The Kier molecular flexibility index (Phi) is 3.42. The van der Waals surface area contributed by atoms with E-state index in [0.717, 1.165) is 25.1 Å². The minimum atomic E-state index is 0.0573.